The molecule has 3 heteroatoms. The summed E-state index contributed by atoms with van der Waals surface area (Å²) in [6.07, 6.45) is 7.20. The third-order valence-corrected chi connectivity index (χ3v) is 4.41. The average molecular weight is 273 g/mol. The normalized spacial score (nSPS) is 17.6. The van der Waals surface area contributed by atoms with Crippen molar-refractivity contribution in [2.75, 3.05) is 7.05 Å². The molecule has 0 heterocycles. The number of hydrazine groups is 2. The summed E-state index contributed by atoms with van der Waals surface area (Å²) in [6, 6.07) is 7.23. The molecule has 20 heavy (non-hydrogen) atoms. The van der Waals surface area contributed by atoms with E-state index in [0.29, 0.717) is 6.04 Å². The SMILES string of the molecule is C=CC(c1cccc(C)c1C)N(C)NNC1CCCC1. The quantitative estimate of drug-likeness (QED) is 0.614. The molecule has 0 bridgehead atoms. The van der Waals surface area contributed by atoms with Gasteiger partial charge >= 0.3 is 0 Å². The van der Waals surface area contributed by atoms with Crippen molar-refractivity contribution in [3.8, 4) is 0 Å². The topological polar surface area (TPSA) is 27.3 Å². The summed E-state index contributed by atoms with van der Waals surface area (Å²) in [5.41, 5.74) is 10.7. The first-order valence-corrected chi connectivity index (χ1v) is 7.56. The molecule has 1 atom stereocenters. The van der Waals surface area contributed by atoms with Crippen LogP contribution in [0.4, 0.5) is 0 Å². The number of hydrogen-bond acceptors (Lipinski definition) is 3. The van der Waals surface area contributed by atoms with Crippen molar-refractivity contribution in [1.82, 2.24) is 16.0 Å². The number of nitrogens with one attached hydrogen (secondary N) is 2. The van der Waals surface area contributed by atoms with Gasteiger partial charge in [0, 0.05) is 13.1 Å². The van der Waals surface area contributed by atoms with Gasteiger partial charge in [0.2, 0.25) is 0 Å². The third kappa shape index (κ3) is 3.48. The van der Waals surface area contributed by atoms with E-state index in [0.717, 1.165) is 0 Å². The van der Waals surface area contributed by atoms with Gasteiger partial charge in [-0.2, -0.15) is 5.53 Å². The number of benzene rings is 1. The minimum atomic E-state index is 0.170. The van der Waals surface area contributed by atoms with Crippen molar-refractivity contribution in [3.05, 3.63) is 47.5 Å². The zero-order chi connectivity index (χ0) is 14.5. The summed E-state index contributed by atoms with van der Waals surface area (Å²) >= 11 is 0. The molecule has 1 aromatic rings. The van der Waals surface area contributed by atoms with Gasteiger partial charge in [0.05, 0.1) is 6.04 Å². The van der Waals surface area contributed by atoms with Gasteiger partial charge in [-0.15, -0.1) is 6.58 Å². The third-order valence-electron chi connectivity index (χ3n) is 4.41. The second-order valence-electron chi connectivity index (χ2n) is 5.82. The summed E-state index contributed by atoms with van der Waals surface area (Å²) in [6.45, 7) is 8.34. The molecule has 0 saturated heterocycles. The van der Waals surface area contributed by atoms with Crippen molar-refractivity contribution in [3.63, 3.8) is 0 Å². The van der Waals surface area contributed by atoms with Gasteiger partial charge in [-0.05, 0) is 43.4 Å². The fraction of sp³-hybridized carbons (Fsp3) is 0.529. The zero-order valence-corrected chi connectivity index (χ0v) is 12.9. The fourth-order valence-corrected chi connectivity index (χ4v) is 2.92. The number of hydrogen-bond donors (Lipinski definition) is 2. The minimum absolute atomic E-state index is 0.170. The Morgan fingerprint density at radius 1 is 1.30 bits per heavy atom. The highest BCUT2D eigenvalue weighted by molar-refractivity contribution is 5.36. The van der Waals surface area contributed by atoms with Gasteiger partial charge in [-0.1, -0.05) is 37.1 Å². The highest BCUT2D eigenvalue weighted by Gasteiger charge is 2.19. The summed E-state index contributed by atoms with van der Waals surface area (Å²) in [4.78, 5) is 0. The van der Waals surface area contributed by atoms with Crippen molar-refractivity contribution in [2.45, 2.75) is 51.6 Å². The molecule has 1 aromatic carbocycles. The average Bonchev–Trinajstić information content (AvgIpc) is 2.95. The first-order valence-electron chi connectivity index (χ1n) is 7.56. The van der Waals surface area contributed by atoms with Gasteiger partial charge < -0.3 is 0 Å². The summed E-state index contributed by atoms with van der Waals surface area (Å²) in [5.74, 6) is 0. The van der Waals surface area contributed by atoms with Crippen LogP contribution in [0, 0.1) is 13.8 Å². The Bertz CT molecular complexity index is 450. The largest absolute Gasteiger partial charge is 0.241 e. The van der Waals surface area contributed by atoms with Crippen LogP contribution in [-0.4, -0.2) is 18.1 Å². The van der Waals surface area contributed by atoms with Crippen molar-refractivity contribution in [2.24, 2.45) is 0 Å². The predicted molar refractivity (Wildman–Crippen MR) is 85.1 cm³/mol. The lowest BCUT2D eigenvalue weighted by Crippen LogP contribution is -2.49. The first-order chi connectivity index (χ1) is 9.63. The van der Waals surface area contributed by atoms with E-state index in [4.69, 9.17) is 0 Å². The van der Waals surface area contributed by atoms with Crippen LogP contribution in [0.25, 0.3) is 0 Å². The molecule has 2 N–H and O–H groups in total. The maximum Gasteiger partial charge on any atom is 0.0683 e. The second-order valence-corrected chi connectivity index (χ2v) is 5.82. The van der Waals surface area contributed by atoms with E-state index < -0.39 is 0 Å². The van der Waals surface area contributed by atoms with E-state index in [1.54, 1.807) is 0 Å². The smallest absolute Gasteiger partial charge is 0.0683 e. The second kappa shape index (κ2) is 7.02. The van der Waals surface area contributed by atoms with E-state index in [-0.39, 0.29) is 6.04 Å². The molecule has 1 aliphatic carbocycles. The molecule has 0 aromatic heterocycles. The van der Waals surface area contributed by atoms with Crippen molar-refractivity contribution in [1.29, 1.82) is 0 Å². The molecule has 2 rings (SSSR count). The molecule has 0 spiro atoms. The number of likely N-dealkylation sites (N-methyl/N-ethyl adjacent to an activating group) is 1. The first kappa shape index (κ1) is 15.2. The lowest BCUT2D eigenvalue weighted by Gasteiger charge is -2.29. The van der Waals surface area contributed by atoms with Crippen LogP contribution in [0.15, 0.2) is 30.9 Å². The van der Waals surface area contributed by atoms with Crippen LogP contribution >= 0.6 is 0 Å². The van der Waals surface area contributed by atoms with Crippen LogP contribution < -0.4 is 11.0 Å². The van der Waals surface area contributed by atoms with Gasteiger partial charge in [0.25, 0.3) is 0 Å². The molecule has 0 amide bonds. The highest BCUT2D eigenvalue weighted by atomic mass is 15.7. The molecular weight excluding hydrogens is 246 g/mol. The number of nitrogens with zero attached hydrogens (tertiary/aromatic N) is 1. The number of aryl methyl sites for hydroxylation is 1. The van der Waals surface area contributed by atoms with E-state index in [1.807, 2.05) is 6.08 Å². The Kier molecular flexibility index (Phi) is 5.35. The maximum atomic E-state index is 4.00. The Morgan fingerprint density at radius 2 is 2.00 bits per heavy atom. The molecule has 1 unspecified atom stereocenters. The van der Waals surface area contributed by atoms with Gasteiger partial charge in [0.15, 0.2) is 0 Å². The number of rotatable bonds is 6. The lowest BCUT2D eigenvalue weighted by atomic mass is 9.97. The molecule has 1 fully saturated rings. The van der Waals surface area contributed by atoms with E-state index >= 15 is 0 Å². The van der Waals surface area contributed by atoms with Crippen LogP contribution in [0.2, 0.25) is 0 Å². The highest BCUT2D eigenvalue weighted by Crippen LogP contribution is 2.24. The Balaban J connectivity index is 2.02. The van der Waals surface area contributed by atoms with E-state index in [9.17, 15) is 0 Å². The Labute approximate surface area is 123 Å². The van der Waals surface area contributed by atoms with Crippen molar-refractivity contribution < 1.29 is 0 Å². The fourth-order valence-electron chi connectivity index (χ4n) is 2.92. The molecule has 1 saturated carbocycles. The summed E-state index contributed by atoms with van der Waals surface area (Å²) < 4.78 is 0. The summed E-state index contributed by atoms with van der Waals surface area (Å²) in [5, 5.41) is 2.10. The van der Waals surface area contributed by atoms with Crippen LogP contribution in [0.5, 0.6) is 0 Å². The molecule has 0 aliphatic heterocycles. The standard InChI is InChI=1S/C17H27N3/c1-5-17(16-12-8-9-13(2)14(16)3)20(4)19-18-15-10-6-7-11-15/h5,8-9,12,15,17-19H,1,6-7,10-11H2,2-4H3. The molecule has 0 radical (unpaired) electrons. The minimum Gasteiger partial charge on any atom is -0.241 e. The van der Waals surface area contributed by atoms with Crippen LogP contribution in [-0.2, 0) is 0 Å². The molecule has 3 nitrogen and oxygen atoms in total. The van der Waals surface area contributed by atoms with E-state index in [2.05, 4.69) is 61.6 Å². The van der Waals surface area contributed by atoms with Gasteiger partial charge in [-0.3, -0.25) is 0 Å². The van der Waals surface area contributed by atoms with Gasteiger partial charge in [-0.25, -0.2) is 10.4 Å². The zero-order valence-electron chi connectivity index (χ0n) is 12.9. The van der Waals surface area contributed by atoms with Gasteiger partial charge in [0.1, 0.15) is 0 Å². The van der Waals surface area contributed by atoms with Crippen LogP contribution in [0.3, 0.4) is 0 Å². The maximum absolute atomic E-state index is 4.00. The van der Waals surface area contributed by atoms with Crippen LogP contribution in [0.1, 0.15) is 48.4 Å². The monoisotopic (exact) mass is 273 g/mol. The Hall–Kier alpha value is -1.16. The summed E-state index contributed by atoms with van der Waals surface area (Å²) in [7, 11) is 2.07. The molecular formula is C17H27N3. The van der Waals surface area contributed by atoms with E-state index in [1.165, 1.54) is 42.4 Å². The molecule has 110 valence electrons. The molecule has 1 aliphatic rings. The predicted octanol–water partition coefficient (Wildman–Crippen LogP) is 3.41. The van der Waals surface area contributed by atoms with Crippen molar-refractivity contribution >= 4 is 0 Å². The lowest BCUT2D eigenvalue weighted by molar-refractivity contribution is 0.142. The Morgan fingerprint density at radius 3 is 2.65 bits per heavy atom.